The van der Waals surface area contributed by atoms with Crippen molar-refractivity contribution in [2.24, 2.45) is 7.05 Å². The molecule has 0 radical (unpaired) electrons. The van der Waals surface area contributed by atoms with E-state index in [0.29, 0.717) is 0 Å². The predicted molar refractivity (Wildman–Crippen MR) is 92.6 cm³/mol. The van der Waals surface area contributed by atoms with Crippen molar-refractivity contribution in [2.45, 2.75) is 20.3 Å². The van der Waals surface area contributed by atoms with Crippen LogP contribution in [0.5, 0.6) is 0 Å². The van der Waals surface area contributed by atoms with E-state index < -0.39 is 0 Å². The lowest BCUT2D eigenvalue weighted by atomic mass is 9.96. The summed E-state index contributed by atoms with van der Waals surface area (Å²) >= 11 is 0. The van der Waals surface area contributed by atoms with Gasteiger partial charge in [0, 0.05) is 17.2 Å². The molecule has 1 aromatic heterocycles. The van der Waals surface area contributed by atoms with Gasteiger partial charge in [0.2, 0.25) is 5.69 Å². The van der Waals surface area contributed by atoms with E-state index in [0.717, 1.165) is 17.5 Å². The second-order valence-corrected chi connectivity index (χ2v) is 5.88. The smallest absolute Gasteiger partial charge is 0.207 e. The molecule has 0 bridgehead atoms. The van der Waals surface area contributed by atoms with Gasteiger partial charge < -0.3 is 0 Å². The summed E-state index contributed by atoms with van der Waals surface area (Å²) in [6.45, 7) is 4.29. The van der Waals surface area contributed by atoms with Gasteiger partial charge in [-0.05, 0) is 48.2 Å². The molecule has 3 rings (SSSR count). The van der Waals surface area contributed by atoms with Crippen LogP contribution in [0.4, 0.5) is 4.39 Å². The summed E-state index contributed by atoms with van der Waals surface area (Å²) in [6.07, 6.45) is 3.08. The minimum absolute atomic E-state index is 0.201. The Morgan fingerprint density at radius 2 is 1.65 bits per heavy atom. The topological polar surface area (TPSA) is 3.88 Å². The molecule has 0 atom stereocenters. The quantitative estimate of drug-likeness (QED) is 0.609. The first kappa shape index (κ1) is 15.4. The third-order valence-corrected chi connectivity index (χ3v) is 4.32. The molecule has 0 fully saturated rings. The van der Waals surface area contributed by atoms with Gasteiger partial charge in [0.1, 0.15) is 12.9 Å². The number of pyridine rings is 1. The van der Waals surface area contributed by atoms with Crippen LogP contribution < -0.4 is 4.57 Å². The van der Waals surface area contributed by atoms with Crippen molar-refractivity contribution in [1.29, 1.82) is 0 Å². The zero-order valence-electron chi connectivity index (χ0n) is 13.8. The summed E-state index contributed by atoms with van der Waals surface area (Å²) in [7, 11) is 2.06. The number of hydrogen-bond donors (Lipinski definition) is 0. The Labute approximate surface area is 137 Å². The third-order valence-electron chi connectivity index (χ3n) is 4.32. The molecular weight excluding hydrogens is 285 g/mol. The van der Waals surface area contributed by atoms with Crippen LogP contribution in [0, 0.1) is 12.7 Å². The SMILES string of the molecule is CCc1cc(-c2ccccc2C)[n+](C)cc1-c1ccc(F)cc1. The Bertz CT molecular complexity index is 835. The number of hydrogen-bond acceptors (Lipinski definition) is 0. The van der Waals surface area contributed by atoms with Crippen molar-refractivity contribution in [1.82, 2.24) is 0 Å². The Morgan fingerprint density at radius 1 is 0.957 bits per heavy atom. The van der Waals surface area contributed by atoms with Crippen molar-refractivity contribution in [3.05, 3.63) is 77.7 Å². The van der Waals surface area contributed by atoms with Crippen molar-refractivity contribution < 1.29 is 8.96 Å². The molecule has 0 aliphatic rings. The fourth-order valence-electron chi connectivity index (χ4n) is 3.00. The normalized spacial score (nSPS) is 10.8. The molecule has 0 aliphatic carbocycles. The molecule has 0 saturated carbocycles. The third kappa shape index (κ3) is 3.02. The van der Waals surface area contributed by atoms with Crippen LogP contribution in [-0.4, -0.2) is 0 Å². The maximum absolute atomic E-state index is 13.2. The van der Waals surface area contributed by atoms with Crippen molar-refractivity contribution >= 4 is 0 Å². The monoisotopic (exact) mass is 306 g/mol. The van der Waals surface area contributed by atoms with Gasteiger partial charge >= 0.3 is 0 Å². The molecule has 116 valence electrons. The predicted octanol–water partition coefficient (Wildman–Crippen LogP) is 4.86. The average Bonchev–Trinajstić information content (AvgIpc) is 2.56. The molecular formula is C21H21FN+. The van der Waals surface area contributed by atoms with E-state index >= 15 is 0 Å². The minimum atomic E-state index is -0.201. The van der Waals surface area contributed by atoms with Crippen LogP contribution in [0.2, 0.25) is 0 Å². The van der Waals surface area contributed by atoms with E-state index in [1.165, 1.54) is 34.5 Å². The van der Waals surface area contributed by atoms with Gasteiger partial charge in [0.15, 0.2) is 6.20 Å². The number of nitrogens with zero attached hydrogens (tertiary/aromatic N) is 1. The molecule has 0 amide bonds. The van der Waals surface area contributed by atoms with Gasteiger partial charge in [-0.15, -0.1) is 0 Å². The van der Waals surface area contributed by atoms with E-state index in [1.807, 2.05) is 12.1 Å². The first-order chi connectivity index (χ1) is 11.1. The highest BCUT2D eigenvalue weighted by Crippen LogP contribution is 2.28. The molecule has 1 heterocycles. The van der Waals surface area contributed by atoms with E-state index in [-0.39, 0.29) is 5.82 Å². The summed E-state index contributed by atoms with van der Waals surface area (Å²) in [6, 6.07) is 17.4. The van der Waals surface area contributed by atoms with E-state index in [1.54, 1.807) is 0 Å². The van der Waals surface area contributed by atoms with Gasteiger partial charge in [0.05, 0.1) is 0 Å². The minimum Gasteiger partial charge on any atom is -0.207 e. The van der Waals surface area contributed by atoms with Gasteiger partial charge in [-0.2, -0.15) is 0 Å². The zero-order chi connectivity index (χ0) is 16.4. The number of benzene rings is 2. The molecule has 23 heavy (non-hydrogen) atoms. The Hall–Kier alpha value is -2.48. The largest absolute Gasteiger partial charge is 0.212 e. The lowest BCUT2D eigenvalue weighted by Crippen LogP contribution is -2.31. The van der Waals surface area contributed by atoms with E-state index in [9.17, 15) is 4.39 Å². The Kier molecular flexibility index (Phi) is 4.24. The fourth-order valence-corrected chi connectivity index (χ4v) is 3.00. The highest BCUT2D eigenvalue weighted by molar-refractivity contribution is 5.69. The second kappa shape index (κ2) is 6.33. The molecule has 3 aromatic rings. The van der Waals surface area contributed by atoms with Crippen LogP contribution in [0.3, 0.4) is 0 Å². The first-order valence-corrected chi connectivity index (χ1v) is 7.94. The number of rotatable bonds is 3. The number of aryl methyl sites for hydroxylation is 3. The van der Waals surface area contributed by atoms with Gasteiger partial charge in [-0.1, -0.05) is 37.3 Å². The van der Waals surface area contributed by atoms with Crippen molar-refractivity contribution in [3.8, 4) is 22.4 Å². The maximum Gasteiger partial charge on any atom is 0.212 e. The molecule has 2 heteroatoms. The zero-order valence-corrected chi connectivity index (χ0v) is 13.8. The summed E-state index contributed by atoms with van der Waals surface area (Å²) < 4.78 is 15.3. The maximum atomic E-state index is 13.2. The van der Waals surface area contributed by atoms with Crippen LogP contribution in [0.25, 0.3) is 22.4 Å². The standard InChI is InChI=1S/C21H21FN/c1-4-16-13-21(19-8-6-5-7-15(19)2)23(3)14-20(16)17-9-11-18(22)12-10-17/h5-14H,4H2,1-3H3/q+1. The average molecular weight is 306 g/mol. The molecule has 0 unspecified atom stereocenters. The molecule has 0 aliphatic heterocycles. The first-order valence-electron chi connectivity index (χ1n) is 7.94. The Balaban J connectivity index is 2.17. The Morgan fingerprint density at radius 3 is 2.30 bits per heavy atom. The van der Waals surface area contributed by atoms with Gasteiger partial charge in [-0.25, -0.2) is 8.96 Å². The number of aromatic nitrogens is 1. The lowest BCUT2D eigenvalue weighted by molar-refractivity contribution is -0.660. The van der Waals surface area contributed by atoms with Crippen LogP contribution in [0.15, 0.2) is 60.8 Å². The van der Waals surface area contributed by atoms with Crippen LogP contribution in [-0.2, 0) is 13.5 Å². The highest BCUT2D eigenvalue weighted by Gasteiger charge is 2.17. The van der Waals surface area contributed by atoms with E-state index in [2.05, 4.69) is 62.0 Å². The van der Waals surface area contributed by atoms with Crippen LogP contribution in [0.1, 0.15) is 18.1 Å². The summed E-state index contributed by atoms with van der Waals surface area (Å²) in [5.74, 6) is -0.201. The molecule has 0 saturated heterocycles. The highest BCUT2D eigenvalue weighted by atomic mass is 19.1. The van der Waals surface area contributed by atoms with E-state index in [4.69, 9.17) is 0 Å². The summed E-state index contributed by atoms with van der Waals surface area (Å²) in [4.78, 5) is 0. The summed E-state index contributed by atoms with van der Waals surface area (Å²) in [5.41, 5.74) is 7.19. The van der Waals surface area contributed by atoms with Crippen LogP contribution >= 0.6 is 0 Å². The second-order valence-electron chi connectivity index (χ2n) is 5.88. The fraction of sp³-hybridized carbons (Fsp3) is 0.190. The lowest BCUT2D eigenvalue weighted by Gasteiger charge is -2.11. The molecule has 1 nitrogen and oxygen atoms in total. The van der Waals surface area contributed by atoms with Crippen molar-refractivity contribution in [3.63, 3.8) is 0 Å². The van der Waals surface area contributed by atoms with Crippen molar-refractivity contribution in [2.75, 3.05) is 0 Å². The molecule has 0 spiro atoms. The van der Waals surface area contributed by atoms with Gasteiger partial charge in [0.25, 0.3) is 0 Å². The van der Waals surface area contributed by atoms with Gasteiger partial charge in [-0.3, -0.25) is 0 Å². The molecule has 2 aromatic carbocycles. The molecule has 0 N–H and O–H groups in total. The number of halogens is 1. The summed E-state index contributed by atoms with van der Waals surface area (Å²) in [5, 5.41) is 0.